The van der Waals surface area contributed by atoms with Crippen molar-refractivity contribution in [3.05, 3.63) is 18.0 Å². The molecule has 1 heterocycles. The Morgan fingerprint density at radius 2 is 2.21 bits per heavy atom. The van der Waals surface area contributed by atoms with Crippen LogP contribution in [0.3, 0.4) is 0 Å². The Balaban J connectivity index is 2.89. The van der Waals surface area contributed by atoms with E-state index in [4.69, 9.17) is 10.8 Å². The molecule has 0 bridgehead atoms. The summed E-state index contributed by atoms with van der Waals surface area (Å²) in [6, 6.07) is 0.943. The van der Waals surface area contributed by atoms with Crippen LogP contribution < -0.4 is 10.5 Å². The second-order valence-corrected chi connectivity index (χ2v) is 6.14. The number of amides is 1. The minimum Gasteiger partial charge on any atom is -0.396 e. The van der Waals surface area contributed by atoms with E-state index in [0.29, 0.717) is 12.8 Å². The van der Waals surface area contributed by atoms with E-state index in [1.165, 1.54) is 16.8 Å². The Morgan fingerprint density at radius 3 is 2.68 bits per heavy atom. The lowest BCUT2D eigenvalue weighted by Gasteiger charge is -2.12. The van der Waals surface area contributed by atoms with Crippen molar-refractivity contribution in [3.63, 3.8) is 0 Å². The summed E-state index contributed by atoms with van der Waals surface area (Å²) in [5.74, 6) is -0.683. The van der Waals surface area contributed by atoms with Gasteiger partial charge in [0.15, 0.2) is 0 Å². The van der Waals surface area contributed by atoms with Crippen molar-refractivity contribution in [1.82, 2.24) is 9.29 Å². The topological polar surface area (TPSA) is 114 Å². The number of sulfonamides is 1. The lowest BCUT2D eigenvalue weighted by atomic mass is 10.2. The van der Waals surface area contributed by atoms with E-state index >= 15 is 0 Å². The molecule has 1 aromatic heterocycles. The monoisotopic (exact) mass is 289 g/mol. The van der Waals surface area contributed by atoms with Crippen LogP contribution >= 0.6 is 0 Å². The van der Waals surface area contributed by atoms with Crippen LogP contribution in [0.4, 0.5) is 0 Å². The first-order valence-corrected chi connectivity index (χ1v) is 7.35. The van der Waals surface area contributed by atoms with Gasteiger partial charge in [-0.15, -0.1) is 0 Å². The highest BCUT2D eigenvalue weighted by molar-refractivity contribution is 7.89. The van der Waals surface area contributed by atoms with Gasteiger partial charge in [-0.1, -0.05) is 0 Å². The van der Waals surface area contributed by atoms with Gasteiger partial charge in [0, 0.05) is 25.9 Å². The molecule has 0 aliphatic heterocycles. The summed E-state index contributed by atoms with van der Waals surface area (Å²) in [7, 11) is -2.14. The molecule has 108 valence electrons. The third-order valence-corrected chi connectivity index (χ3v) is 4.25. The molecule has 0 saturated heterocycles. The molecule has 1 rings (SSSR count). The fourth-order valence-electron chi connectivity index (χ4n) is 1.72. The van der Waals surface area contributed by atoms with Gasteiger partial charge in [-0.25, -0.2) is 13.1 Å². The van der Waals surface area contributed by atoms with Crippen molar-refractivity contribution in [2.45, 2.75) is 30.7 Å². The van der Waals surface area contributed by atoms with Crippen LogP contribution in [-0.2, 0) is 17.1 Å². The number of rotatable bonds is 7. The number of aromatic nitrogens is 1. The molecular formula is C11H19N3O4S. The first kappa shape index (κ1) is 15.7. The van der Waals surface area contributed by atoms with E-state index in [1.807, 2.05) is 0 Å². The summed E-state index contributed by atoms with van der Waals surface area (Å²) < 4.78 is 28.0. The fraction of sp³-hybridized carbons (Fsp3) is 0.545. The molecule has 0 saturated carbocycles. The van der Waals surface area contributed by atoms with Gasteiger partial charge in [-0.2, -0.15) is 0 Å². The molecule has 1 unspecified atom stereocenters. The Hall–Kier alpha value is -1.38. The lowest BCUT2D eigenvalue weighted by molar-refractivity contribution is 0.0992. The number of aliphatic hydroxyl groups is 1. The van der Waals surface area contributed by atoms with Crippen LogP contribution in [0.15, 0.2) is 17.2 Å². The van der Waals surface area contributed by atoms with E-state index in [-0.39, 0.29) is 23.2 Å². The number of aryl methyl sites for hydroxylation is 1. The van der Waals surface area contributed by atoms with Crippen LogP contribution in [0.2, 0.25) is 0 Å². The molecule has 7 nitrogen and oxygen atoms in total. The highest BCUT2D eigenvalue weighted by Crippen LogP contribution is 2.14. The molecule has 0 radical (unpaired) electrons. The van der Waals surface area contributed by atoms with Gasteiger partial charge in [-0.05, 0) is 25.8 Å². The number of nitrogens with two attached hydrogens (primary N) is 1. The first-order valence-electron chi connectivity index (χ1n) is 5.87. The third-order valence-electron chi connectivity index (χ3n) is 2.69. The van der Waals surface area contributed by atoms with Crippen molar-refractivity contribution in [3.8, 4) is 0 Å². The maximum Gasteiger partial charge on any atom is 0.265 e. The molecule has 4 N–H and O–H groups in total. The van der Waals surface area contributed by atoms with Gasteiger partial charge in [-0.3, -0.25) is 4.79 Å². The van der Waals surface area contributed by atoms with Gasteiger partial charge in [0.05, 0.1) is 0 Å². The molecule has 0 aromatic carbocycles. The molecule has 0 aliphatic carbocycles. The maximum atomic E-state index is 12.1. The average molecular weight is 289 g/mol. The third kappa shape index (κ3) is 4.05. The molecule has 1 aromatic rings. The van der Waals surface area contributed by atoms with Crippen molar-refractivity contribution >= 4 is 15.9 Å². The minimum absolute atomic E-state index is 0.000325. The molecule has 1 atom stereocenters. The molecule has 8 heteroatoms. The van der Waals surface area contributed by atoms with Crippen molar-refractivity contribution in [2.24, 2.45) is 12.8 Å². The SMILES string of the molecule is CC(CCCO)NS(=O)(=O)c1cc(C(N)=O)n(C)c1. The summed E-state index contributed by atoms with van der Waals surface area (Å²) in [6.45, 7) is 1.73. The number of carbonyl (C=O) groups is 1. The van der Waals surface area contributed by atoms with Crippen LogP contribution in [0.25, 0.3) is 0 Å². The fourth-order valence-corrected chi connectivity index (χ4v) is 3.06. The number of hydrogen-bond acceptors (Lipinski definition) is 4. The van der Waals surface area contributed by atoms with Gasteiger partial charge in [0.25, 0.3) is 5.91 Å². The summed E-state index contributed by atoms with van der Waals surface area (Å²) in [5, 5.41) is 8.70. The van der Waals surface area contributed by atoms with Crippen LogP contribution in [0, 0.1) is 0 Å². The summed E-state index contributed by atoms with van der Waals surface area (Å²) in [6.07, 6.45) is 2.39. The van der Waals surface area contributed by atoms with E-state index in [9.17, 15) is 13.2 Å². The molecule has 1 amide bonds. The van der Waals surface area contributed by atoms with Crippen molar-refractivity contribution < 1.29 is 18.3 Å². The number of hydrogen-bond donors (Lipinski definition) is 3. The average Bonchev–Trinajstić information content (AvgIpc) is 2.69. The summed E-state index contributed by atoms with van der Waals surface area (Å²) >= 11 is 0. The van der Waals surface area contributed by atoms with Gasteiger partial charge in [0.1, 0.15) is 10.6 Å². The highest BCUT2D eigenvalue weighted by Gasteiger charge is 2.21. The van der Waals surface area contributed by atoms with Crippen LogP contribution in [0.5, 0.6) is 0 Å². The number of primary amides is 1. The summed E-state index contributed by atoms with van der Waals surface area (Å²) in [5.41, 5.74) is 5.26. The quantitative estimate of drug-likeness (QED) is 0.631. The zero-order chi connectivity index (χ0) is 14.6. The van der Waals surface area contributed by atoms with Crippen LogP contribution in [-0.4, -0.2) is 36.6 Å². The van der Waals surface area contributed by atoms with E-state index in [1.54, 1.807) is 14.0 Å². The van der Waals surface area contributed by atoms with Gasteiger partial charge >= 0.3 is 0 Å². The largest absolute Gasteiger partial charge is 0.396 e. The Labute approximate surface area is 112 Å². The number of nitrogens with one attached hydrogen (secondary N) is 1. The molecule has 0 fully saturated rings. The van der Waals surface area contributed by atoms with Gasteiger partial charge < -0.3 is 15.4 Å². The van der Waals surface area contributed by atoms with Crippen LogP contribution in [0.1, 0.15) is 30.3 Å². The smallest absolute Gasteiger partial charge is 0.265 e. The number of nitrogens with zero attached hydrogens (tertiary/aromatic N) is 1. The van der Waals surface area contributed by atoms with Gasteiger partial charge in [0.2, 0.25) is 10.0 Å². The molecule has 0 spiro atoms. The van der Waals surface area contributed by atoms with E-state index < -0.39 is 15.9 Å². The zero-order valence-electron chi connectivity index (χ0n) is 11.0. The second kappa shape index (κ2) is 6.18. The predicted molar refractivity (Wildman–Crippen MR) is 70.0 cm³/mol. The van der Waals surface area contributed by atoms with Crippen molar-refractivity contribution in [1.29, 1.82) is 0 Å². The molecule has 0 aliphatic rings. The standard InChI is InChI=1S/C11H19N3O4S/c1-8(4-3-5-15)13-19(17,18)9-6-10(11(12)16)14(2)7-9/h6-8,13,15H,3-5H2,1-2H3,(H2,12,16). The molecular weight excluding hydrogens is 270 g/mol. The lowest BCUT2D eigenvalue weighted by Crippen LogP contribution is -2.32. The Kier molecular flexibility index (Phi) is 5.10. The predicted octanol–water partition coefficient (Wildman–Crippen LogP) is -0.437. The number of aliphatic hydroxyl groups excluding tert-OH is 1. The second-order valence-electron chi connectivity index (χ2n) is 4.42. The Bertz CT molecular complexity index is 550. The normalized spacial score (nSPS) is 13.4. The number of carbonyl (C=O) groups excluding carboxylic acids is 1. The zero-order valence-corrected chi connectivity index (χ0v) is 11.8. The van der Waals surface area contributed by atoms with Crippen molar-refractivity contribution in [2.75, 3.05) is 6.61 Å². The molecule has 19 heavy (non-hydrogen) atoms. The maximum absolute atomic E-state index is 12.1. The minimum atomic E-state index is -3.69. The summed E-state index contributed by atoms with van der Waals surface area (Å²) in [4.78, 5) is 11.1. The van der Waals surface area contributed by atoms with E-state index in [2.05, 4.69) is 4.72 Å². The van der Waals surface area contributed by atoms with E-state index in [0.717, 1.165) is 0 Å². The highest BCUT2D eigenvalue weighted by atomic mass is 32.2. The first-order chi connectivity index (χ1) is 8.77. The Morgan fingerprint density at radius 1 is 1.58 bits per heavy atom.